The average molecular weight is 750 g/mol. The zero-order chi connectivity index (χ0) is 38.6. The van der Waals surface area contributed by atoms with E-state index in [4.69, 9.17) is 11.6 Å². The first-order chi connectivity index (χ1) is 26.4. The van der Waals surface area contributed by atoms with Crippen LogP contribution in [0.2, 0.25) is 5.02 Å². The highest BCUT2D eigenvalue weighted by atomic mass is 35.5. The van der Waals surface area contributed by atoms with Gasteiger partial charge in [0.1, 0.15) is 0 Å². The quantitative estimate of drug-likeness (QED) is 0.133. The van der Waals surface area contributed by atoms with E-state index in [0.717, 1.165) is 56.9 Å². The zero-order valence-electron chi connectivity index (χ0n) is 34.4. The Balaban J connectivity index is 1.44. The van der Waals surface area contributed by atoms with E-state index < -0.39 is 0 Å². The monoisotopic (exact) mass is 748 g/mol. The topological polar surface area (TPSA) is 6.48 Å². The van der Waals surface area contributed by atoms with Crippen LogP contribution in [0.15, 0.2) is 109 Å². The predicted octanol–water partition coefficient (Wildman–Crippen LogP) is 16.2. The van der Waals surface area contributed by atoms with E-state index in [1.54, 1.807) is 0 Å². The summed E-state index contributed by atoms with van der Waals surface area (Å²) in [5.74, 6) is 4.12. The normalized spacial score (nSPS) is 21.7. The van der Waals surface area contributed by atoms with E-state index in [0.29, 0.717) is 23.7 Å². The molecule has 0 radical (unpaired) electrons. The van der Waals surface area contributed by atoms with Crippen LogP contribution < -0.4 is 9.80 Å². The van der Waals surface area contributed by atoms with Gasteiger partial charge < -0.3 is 9.80 Å². The summed E-state index contributed by atoms with van der Waals surface area (Å²) in [6.45, 7) is 18.3. The smallest absolute Gasteiger partial charge is 0.0887 e. The van der Waals surface area contributed by atoms with Gasteiger partial charge in [-0.3, -0.25) is 0 Å². The zero-order valence-corrected chi connectivity index (χ0v) is 35.2. The van der Waals surface area contributed by atoms with Crippen LogP contribution in [0.25, 0.3) is 0 Å². The summed E-state index contributed by atoms with van der Waals surface area (Å²) in [6, 6.07) is 41.6. The molecule has 0 saturated heterocycles. The third-order valence-corrected chi connectivity index (χ3v) is 13.7. The number of hydrogen-bond acceptors (Lipinski definition) is 2. The molecule has 4 aliphatic rings. The lowest BCUT2D eigenvalue weighted by atomic mass is 9.48. The molecule has 2 nitrogen and oxygen atoms in total. The third-order valence-electron chi connectivity index (χ3n) is 13.3. The molecule has 4 fully saturated rings. The van der Waals surface area contributed by atoms with Gasteiger partial charge in [-0.05, 0) is 174 Å². The van der Waals surface area contributed by atoms with Gasteiger partial charge >= 0.3 is 0 Å². The van der Waals surface area contributed by atoms with Gasteiger partial charge in [-0.25, -0.2) is 0 Å². The van der Waals surface area contributed by atoms with E-state index in [-0.39, 0.29) is 5.41 Å². The van der Waals surface area contributed by atoms with Crippen molar-refractivity contribution in [2.45, 2.75) is 123 Å². The number of nitrogens with zero attached hydrogens (tertiary/aromatic N) is 2. The summed E-state index contributed by atoms with van der Waals surface area (Å²) >= 11 is 8.10. The molecule has 9 rings (SSSR count). The lowest BCUT2D eigenvalue weighted by molar-refractivity contribution is -0.00515. The van der Waals surface area contributed by atoms with Gasteiger partial charge in [0.15, 0.2) is 0 Å². The standard InChI is InChI=1S/C52H61ClN2/c1-33(2)40-13-9-17-45(24-40)54(46-18-10-14-41(25-46)34(3)4)49-28-44(52-30-37-21-38(31-52)23-39(22-37)32-52)29-50(51(49)53)55(47-19-11-15-42(26-47)35(5)6)48-20-12-16-43(27-48)36(7)8/h9-20,24-29,33-39H,21-23,30-32H2,1-8H3. The minimum atomic E-state index is 0.166. The molecule has 0 unspecified atom stereocenters. The van der Waals surface area contributed by atoms with Crippen LogP contribution >= 0.6 is 11.6 Å². The molecule has 5 aromatic carbocycles. The average Bonchev–Trinajstić information content (AvgIpc) is 3.16. The van der Waals surface area contributed by atoms with Crippen LogP contribution in [0.5, 0.6) is 0 Å². The first-order valence-corrected chi connectivity index (χ1v) is 21.6. The van der Waals surface area contributed by atoms with Crippen molar-refractivity contribution < 1.29 is 0 Å². The number of rotatable bonds is 11. The Bertz CT molecular complexity index is 1890. The van der Waals surface area contributed by atoms with E-state index in [1.807, 2.05) is 0 Å². The SMILES string of the molecule is CC(C)c1cccc(N(c2cccc(C(C)C)c2)c2cc(C34CC5CC(CC(C5)C3)C4)cc(N(c3cccc(C(C)C)c3)c3cccc(C(C)C)c3)c2Cl)c1. The van der Waals surface area contributed by atoms with Gasteiger partial charge in [0.25, 0.3) is 0 Å². The lowest BCUT2D eigenvalue weighted by Gasteiger charge is -2.57. The van der Waals surface area contributed by atoms with Gasteiger partial charge in [0.2, 0.25) is 0 Å². The summed E-state index contributed by atoms with van der Waals surface area (Å²) in [4.78, 5) is 4.95. The van der Waals surface area contributed by atoms with Crippen LogP contribution in [0.1, 0.15) is 145 Å². The number of halogens is 1. The van der Waals surface area contributed by atoms with Gasteiger partial charge in [-0.1, -0.05) is 116 Å². The van der Waals surface area contributed by atoms with E-state index in [9.17, 15) is 0 Å². The molecule has 0 atom stereocenters. The maximum absolute atomic E-state index is 8.10. The Kier molecular flexibility index (Phi) is 10.4. The highest BCUT2D eigenvalue weighted by Crippen LogP contribution is 2.62. The summed E-state index contributed by atoms with van der Waals surface area (Å²) in [5.41, 5.74) is 13.7. The fraction of sp³-hybridized carbons (Fsp3) is 0.423. The molecule has 55 heavy (non-hydrogen) atoms. The van der Waals surface area contributed by atoms with Gasteiger partial charge in [-0.2, -0.15) is 0 Å². The maximum atomic E-state index is 8.10. The second kappa shape index (κ2) is 15.2. The van der Waals surface area contributed by atoms with Crippen LogP contribution in [0.3, 0.4) is 0 Å². The maximum Gasteiger partial charge on any atom is 0.0887 e. The molecule has 0 heterocycles. The van der Waals surface area contributed by atoms with Crippen LogP contribution in [0, 0.1) is 17.8 Å². The molecule has 4 aliphatic carbocycles. The van der Waals surface area contributed by atoms with E-state index >= 15 is 0 Å². The molecule has 3 heteroatoms. The Labute approximate surface area is 336 Å². The molecule has 286 valence electrons. The van der Waals surface area contributed by atoms with Crippen molar-refractivity contribution in [3.05, 3.63) is 142 Å². The van der Waals surface area contributed by atoms with Crippen molar-refractivity contribution in [2.24, 2.45) is 17.8 Å². The summed E-state index contributed by atoms with van der Waals surface area (Å²) in [6.07, 6.45) is 8.11. The molecule has 4 saturated carbocycles. The van der Waals surface area contributed by atoms with Gasteiger partial charge in [0.05, 0.1) is 16.4 Å². The minimum Gasteiger partial charge on any atom is -0.309 e. The van der Waals surface area contributed by atoms with Gasteiger partial charge in [0, 0.05) is 22.7 Å². The summed E-state index contributed by atoms with van der Waals surface area (Å²) < 4.78 is 0. The molecular formula is C52H61ClN2. The summed E-state index contributed by atoms with van der Waals surface area (Å²) in [5, 5.41) is 0.781. The van der Waals surface area contributed by atoms with Crippen molar-refractivity contribution in [3.8, 4) is 0 Å². The van der Waals surface area contributed by atoms with E-state index in [1.165, 1.54) is 66.3 Å². The molecule has 0 aromatic heterocycles. The van der Waals surface area contributed by atoms with Crippen molar-refractivity contribution in [2.75, 3.05) is 9.80 Å². The second-order valence-electron chi connectivity index (χ2n) is 18.7. The predicted molar refractivity (Wildman–Crippen MR) is 237 cm³/mol. The van der Waals surface area contributed by atoms with Crippen molar-refractivity contribution >= 4 is 45.7 Å². The molecule has 0 aliphatic heterocycles. The first kappa shape index (κ1) is 37.9. The highest BCUT2D eigenvalue weighted by Gasteiger charge is 2.52. The van der Waals surface area contributed by atoms with Gasteiger partial charge in [-0.15, -0.1) is 0 Å². The molecule has 5 aromatic rings. The largest absolute Gasteiger partial charge is 0.309 e. The van der Waals surface area contributed by atoms with Crippen LogP contribution in [-0.4, -0.2) is 0 Å². The van der Waals surface area contributed by atoms with Crippen molar-refractivity contribution in [1.29, 1.82) is 0 Å². The minimum absolute atomic E-state index is 0.166. The number of benzene rings is 5. The Morgan fingerprint density at radius 1 is 0.455 bits per heavy atom. The fourth-order valence-corrected chi connectivity index (χ4v) is 10.9. The van der Waals surface area contributed by atoms with Crippen LogP contribution in [0.4, 0.5) is 34.1 Å². The molecule has 0 N–H and O–H groups in total. The van der Waals surface area contributed by atoms with Crippen molar-refractivity contribution in [3.63, 3.8) is 0 Å². The highest BCUT2D eigenvalue weighted by molar-refractivity contribution is 6.36. The fourth-order valence-electron chi connectivity index (χ4n) is 10.6. The summed E-state index contributed by atoms with van der Waals surface area (Å²) in [7, 11) is 0. The molecule has 0 amide bonds. The molecule has 0 spiro atoms. The Morgan fingerprint density at radius 3 is 1.02 bits per heavy atom. The Morgan fingerprint density at radius 2 is 0.745 bits per heavy atom. The third kappa shape index (κ3) is 7.37. The second-order valence-corrected chi connectivity index (χ2v) is 19.1. The lowest BCUT2D eigenvalue weighted by Crippen LogP contribution is -2.48. The molecular weight excluding hydrogens is 688 g/mol. The van der Waals surface area contributed by atoms with E-state index in [2.05, 4.69) is 174 Å². The van der Waals surface area contributed by atoms with Crippen LogP contribution in [-0.2, 0) is 5.41 Å². The number of hydrogen-bond donors (Lipinski definition) is 0. The number of anilines is 6. The first-order valence-electron chi connectivity index (χ1n) is 21.2. The molecule has 4 bridgehead atoms. The van der Waals surface area contributed by atoms with Crippen molar-refractivity contribution in [1.82, 2.24) is 0 Å². The Hall–Kier alpha value is -4.01.